The molecule has 2 aliphatic rings. The van der Waals surface area contributed by atoms with E-state index in [0.717, 1.165) is 5.92 Å². The molecule has 0 unspecified atom stereocenters. The second-order valence-corrected chi connectivity index (χ2v) is 5.83. The molecule has 106 valence electrons. The number of carboxylic acid groups (broad SMARTS) is 1. The highest BCUT2D eigenvalue weighted by molar-refractivity contribution is 5.69. The van der Waals surface area contributed by atoms with Crippen LogP contribution in [0.1, 0.15) is 45.4 Å². The van der Waals surface area contributed by atoms with Gasteiger partial charge in [-0.25, -0.2) is 0 Å². The van der Waals surface area contributed by atoms with Gasteiger partial charge in [0.15, 0.2) is 0 Å². The normalized spacial score (nSPS) is 30.4. The topological polar surface area (TPSA) is 60.8 Å². The molecular formula is C14H27NO3. The smallest absolute Gasteiger partial charge is 0.306 e. The first kappa shape index (κ1) is 15.4. The van der Waals surface area contributed by atoms with Crippen LogP contribution in [-0.2, 0) is 4.79 Å². The molecule has 1 saturated carbocycles. The van der Waals surface area contributed by atoms with E-state index in [4.69, 9.17) is 10.2 Å². The maximum absolute atomic E-state index is 10.4. The predicted octanol–water partition coefficient (Wildman–Crippen LogP) is 1.97. The van der Waals surface area contributed by atoms with Crippen molar-refractivity contribution < 1.29 is 15.0 Å². The number of aliphatic hydroxyl groups is 1. The third kappa shape index (κ3) is 5.83. The summed E-state index contributed by atoms with van der Waals surface area (Å²) < 4.78 is 0. The molecule has 0 amide bonds. The van der Waals surface area contributed by atoms with Crippen molar-refractivity contribution in [1.82, 2.24) is 4.90 Å². The zero-order chi connectivity index (χ0) is 13.5. The minimum atomic E-state index is -0.716. The summed E-state index contributed by atoms with van der Waals surface area (Å²) in [6.07, 6.45) is 5.11. The zero-order valence-electron chi connectivity index (χ0n) is 11.6. The van der Waals surface area contributed by atoms with Gasteiger partial charge < -0.3 is 15.1 Å². The molecule has 0 aromatic carbocycles. The average molecular weight is 257 g/mol. The van der Waals surface area contributed by atoms with E-state index >= 15 is 0 Å². The minimum Gasteiger partial charge on any atom is -0.481 e. The Bertz CT molecular complexity index is 231. The summed E-state index contributed by atoms with van der Waals surface area (Å²) in [5.41, 5.74) is 0. The fourth-order valence-corrected chi connectivity index (χ4v) is 2.46. The van der Waals surface area contributed by atoms with Crippen LogP contribution in [0.4, 0.5) is 0 Å². The molecule has 2 fully saturated rings. The Hall–Kier alpha value is -0.610. The Morgan fingerprint density at radius 3 is 1.94 bits per heavy atom. The number of aliphatic hydroxyl groups excluding tert-OH is 1. The molecule has 4 heteroatoms. The number of aliphatic carboxylic acids is 1. The number of nitrogens with zero attached hydrogens (tertiary/aromatic N) is 1. The van der Waals surface area contributed by atoms with Gasteiger partial charge in [0.05, 0.1) is 12.0 Å². The SMILES string of the molecule is CC1CCN(C)CC1.O=C(O)C1CCC(O)CC1. The van der Waals surface area contributed by atoms with E-state index in [1.54, 1.807) is 0 Å². The van der Waals surface area contributed by atoms with Crippen molar-refractivity contribution in [2.24, 2.45) is 11.8 Å². The van der Waals surface area contributed by atoms with Gasteiger partial charge in [-0.3, -0.25) is 4.79 Å². The number of carboxylic acids is 1. The molecular weight excluding hydrogens is 230 g/mol. The summed E-state index contributed by atoms with van der Waals surface area (Å²) in [5, 5.41) is 17.6. The summed E-state index contributed by atoms with van der Waals surface area (Å²) >= 11 is 0. The average Bonchev–Trinajstić information content (AvgIpc) is 2.34. The molecule has 18 heavy (non-hydrogen) atoms. The number of carbonyl (C=O) groups is 1. The monoisotopic (exact) mass is 257 g/mol. The Labute approximate surface area is 110 Å². The Balaban J connectivity index is 0.000000184. The van der Waals surface area contributed by atoms with Crippen molar-refractivity contribution >= 4 is 5.97 Å². The summed E-state index contributed by atoms with van der Waals surface area (Å²) in [6, 6.07) is 0. The highest BCUT2D eigenvalue weighted by atomic mass is 16.4. The maximum atomic E-state index is 10.4. The molecule has 4 nitrogen and oxygen atoms in total. The second kappa shape index (κ2) is 7.74. The van der Waals surface area contributed by atoms with Gasteiger partial charge in [0, 0.05) is 0 Å². The van der Waals surface area contributed by atoms with Crippen molar-refractivity contribution in [3.8, 4) is 0 Å². The number of hydrogen-bond acceptors (Lipinski definition) is 3. The first-order chi connectivity index (χ1) is 8.49. The van der Waals surface area contributed by atoms with Crippen LogP contribution < -0.4 is 0 Å². The van der Waals surface area contributed by atoms with Gasteiger partial charge in [-0.2, -0.15) is 0 Å². The van der Waals surface area contributed by atoms with Gasteiger partial charge in [0.2, 0.25) is 0 Å². The predicted molar refractivity (Wildman–Crippen MR) is 71.5 cm³/mol. The van der Waals surface area contributed by atoms with Crippen LogP contribution >= 0.6 is 0 Å². The van der Waals surface area contributed by atoms with Crippen LogP contribution in [0.5, 0.6) is 0 Å². The van der Waals surface area contributed by atoms with Gasteiger partial charge >= 0.3 is 5.97 Å². The van der Waals surface area contributed by atoms with Crippen LogP contribution in [0, 0.1) is 11.8 Å². The highest BCUT2D eigenvalue weighted by Gasteiger charge is 2.24. The van der Waals surface area contributed by atoms with Gasteiger partial charge in [0.1, 0.15) is 0 Å². The minimum absolute atomic E-state index is 0.205. The van der Waals surface area contributed by atoms with Crippen molar-refractivity contribution in [2.45, 2.75) is 51.6 Å². The van der Waals surface area contributed by atoms with Crippen LogP contribution in [0.3, 0.4) is 0 Å². The van der Waals surface area contributed by atoms with E-state index in [9.17, 15) is 4.79 Å². The van der Waals surface area contributed by atoms with Crippen LogP contribution in [0.15, 0.2) is 0 Å². The van der Waals surface area contributed by atoms with Gasteiger partial charge in [-0.1, -0.05) is 6.92 Å². The van der Waals surface area contributed by atoms with E-state index in [-0.39, 0.29) is 12.0 Å². The summed E-state index contributed by atoms with van der Waals surface area (Å²) in [7, 11) is 2.20. The lowest BCUT2D eigenvalue weighted by atomic mass is 9.88. The molecule has 2 N–H and O–H groups in total. The Morgan fingerprint density at radius 1 is 1.06 bits per heavy atom. The molecule has 2 rings (SSSR count). The first-order valence-corrected chi connectivity index (χ1v) is 7.08. The van der Waals surface area contributed by atoms with E-state index in [2.05, 4.69) is 18.9 Å². The molecule has 0 aromatic rings. The highest BCUT2D eigenvalue weighted by Crippen LogP contribution is 2.23. The number of hydrogen-bond donors (Lipinski definition) is 2. The third-order valence-electron chi connectivity index (χ3n) is 4.05. The Morgan fingerprint density at radius 2 is 1.56 bits per heavy atom. The maximum Gasteiger partial charge on any atom is 0.306 e. The van der Waals surface area contributed by atoms with Crippen LogP contribution in [0.2, 0.25) is 0 Å². The molecule has 0 bridgehead atoms. The summed E-state index contributed by atoms with van der Waals surface area (Å²) in [5.74, 6) is 0.0569. The lowest BCUT2D eigenvalue weighted by molar-refractivity contribution is -0.143. The standard InChI is InChI=1S/C7H15N.C7H12O3/c1-7-3-5-8(2)6-4-7;8-6-3-1-5(2-4-6)7(9)10/h7H,3-6H2,1-2H3;5-6,8H,1-4H2,(H,9,10). The third-order valence-corrected chi connectivity index (χ3v) is 4.05. The molecule has 0 radical (unpaired) electrons. The lowest BCUT2D eigenvalue weighted by Gasteiger charge is -2.26. The van der Waals surface area contributed by atoms with Crippen molar-refractivity contribution in [3.05, 3.63) is 0 Å². The first-order valence-electron chi connectivity index (χ1n) is 7.08. The van der Waals surface area contributed by atoms with Crippen molar-refractivity contribution in [3.63, 3.8) is 0 Å². The van der Waals surface area contributed by atoms with E-state index in [0.29, 0.717) is 25.7 Å². The zero-order valence-corrected chi connectivity index (χ0v) is 11.6. The number of rotatable bonds is 1. The molecule has 1 aliphatic heterocycles. The summed E-state index contributed by atoms with van der Waals surface area (Å²) in [4.78, 5) is 12.8. The largest absolute Gasteiger partial charge is 0.481 e. The van der Waals surface area contributed by atoms with Crippen molar-refractivity contribution in [2.75, 3.05) is 20.1 Å². The lowest BCUT2D eigenvalue weighted by Crippen LogP contribution is -2.28. The van der Waals surface area contributed by atoms with Gasteiger partial charge in [-0.15, -0.1) is 0 Å². The Kier molecular flexibility index (Phi) is 6.65. The number of likely N-dealkylation sites (tertiary alicyclic amines) is 1. The molecule has 1 saturated heterocycles. The van der Waals surface area contributed by atoms with E-state index in [1.165, 1.54) is 25.9 Å². The second-order valence-electron chi connectivity index (χ2n) is 5.83. The van der Waals surface area contributed by atoms with E-state index < -0.39 is 5.97 Å². The number of piperidine rings is 1. The molecule has 0 aromatic heterocycles. The summed E-state index contributed by atoms with van der Waals surface area (Å²) in [6.45, 7) is 4.95. The fourth-order valence-electron chi connectivity index (χ4n) is 2.46. The van der Waals surface area contributed by atoms with E-state index in [1.807, 2.05) is 0 Å². The van der Waals surface area contributed by atoms with Crippen LogP contribution in [0.25, 0.3) is 0 Å². The molecule has 0 atom stereocenters. The molecule has 1 heterocycles. The van der Waals surface area contributed by atoms with Crippen molar-refractivity contribution in [1.29, 1.82) is 0 Å². The fraction of sp³-hybridized carbons (Fsp3) is 0.929. The molecule has 0 spiro atoms. The van der Waals surface area contributed by atoms with Gasteiger partial charge in [-0.05, 0) is 64.6 Å². The van der Waals surface area contributed by atoms with Gasteiger partial charge in [0.25, 0.3) is 0 Å². The van der Waals surface area contributed by atoms with Crippen LogP contribution in [-0.4, -0.2) is 47.3 Å². The molecule has 1 aliphatic carbocycles. The quantitative estimate of drug-likeness (QED) is 0.754.